The molecule has 2 aliphatic rings. The lowest BCUT2D eigenvalue weighted by molar-refractivity contribution is -0.137. The Labute approximate surface area is 207 Å². The van der Waals surface area contributed by atoms with Crippen LogP contribution in [0.15, 0.2) is 35.5 Å². The van der Waals surface area contributed by atoms with Crippen molar-refractivity contribution < 1.29 is 19.2 Å². The second kappa shape index (κ2) is 12.7. The molecule has 1 fully saturated rings. The number of allylic oxidation sites excluding steroid dienone is 3. The van der Waals surface area contributed by atoms with Gasteiger partial charge in [-0.25, -0.2) is 4.79 Å². The summed E-state index contributed by atoms with van der Waals surface area (Å²) in [6.07, 6.45) is 13.1. The second-order valence-corrected chi connectivity index (χ2v) is 9.50. The summed E-state index contributed by atoms with van der Waals surface area (Å²) in [6.45, 7) is 7.67. The molecule has 0 saturated carbocycles. The van der Waals surface area contributed by atoms with Crippen LogP contribution in [0.1, 0.15) is 66.1 Å². The first-order chi connectivity index (χ1) is 16.4. The number of aryl methyl sites for hydroxylation is 2. The van der Waals surface area contributed by atoms with Crippen LogP contribution in [0, 0.1) is 19.8 Å². The molecular weight excluding hydrogens is 452 g/mol. The number of carbonyl (C=O) groups is 2. The van der Waals surface area contributed by atoms with E-state index in [1.807, 2.05) is 43.0 Å². The lowest BCUT2D eigenvalue weighted by atomic mass is 9.94. The summed E-state index contributed by atoms with van der Waals surface area (Å²) in [5.41, 5.74) is 3.42. The Kier molecular flexibility index (Phi) is 9.75. The fourth-order valence-corrected chi connectivity index (χ4v) is 4.54. The predicted octanol–water partition coefficient (Wildman–Crippen LogP) is 5.58. The van der Waals surface area contributed by atoms with Crippen molar-refractivity contribution in [3.63, 3.8) is 0 Å². The molecule has 0 spiro atoms. The molecular formula is C27H35ClN2O4. The van der Waals surface area contributed by atoms with E-state index >= 15 is 0 Å². The Morgan fingerprint density at radius 3 is 2.74 bits per heavy atom. The minimum atomic E-state index is -0.391. The number of amides is 1. The van der Waals surface area contributed by atoms with Crippen LogP contribution < -0.4 is 0 Å². The lowest BCUT2D eigenvalue weighted by Crippen LogP contribution is -2.37. The quantitative estimate of drug-likeness (QED) is 0.317. The van der Waals surface area contributed by atoms with Crippen molar-refractivity contribution in [3.8, 4) is 0 Å². The molecule has 0 aromatic heterocycles. The average Bonchev–Trinajstić information content (AvgIpc) is 2.81. The maximum Gasteiger partial charge on any atom is 0.338 e. The average molecular weight is 487 g/mol. The number of esters is 1. The van der Waals surface area contributed by atoms with Gasteiger partial charge in [0.05, 0.1) is 17.9 Å². The summed E-state index contributed by atoms with van der Waals surface area (Å²) in [6, 6.07) is 1.90. The Bertz CT molecular complexity index is 977. The van der Waals surface area contributed by atoms with Gasteiger partial charge in [0.25, 0.3) is 5.91 Å². The van der Waals surface area contributed by atoms with Crippen molar-refractivity contribution in [2.24, 2.45) is 11.1 Å². The molecule has 2 aliphatic heterocycles. The highest BCUT2D eigenvalue weighted by molar-refractivity contribution is 6.33. The first kappa shape index (κ1) is 26.0. The van der Waals surface area contributed by atoms with Gasteiger partial charge in [-0.2, -0.15) is 0 Å². The predicted molar refractivity (Wildman–Crippen MR) is 135 cm³/mol. The number of nitrogens with zero attached hydrogens (tertiary/aromatic N) is 2. The molecule has 1 amide bonds. The van der Waals surface area contributed by atoms with Gasteiger partial charge in [-0.3, -0.25) is 4.79 Å². The molecule has 3 rings (SSSR count). The summed E-state index contributed by atoms with van der Waals surface area (Å²) in [4.78, 5) is 32.8. The Balaban J connectivity index is 1.88. The second-order valence-electron chi connectivity index (χ2n) is 9.12. The van der Waals surface area contributed by atoms with Gasteiger partial charge >= 0.3 is 5.97 Å². The summed E-state index contributed by atoms with van der Waals surface area (Å²) in [7, 11) is 0. The van der Waals surface area contributed by atoms with Crippen LogP contribution in [-0.2, 0) is 20.8 Å². The summed E-state index contributed by atoms with van der Waals surface area (Å²) in [5, 5.41) is 4.81. The molecule has 184 valence electrons. The largest absolute Gasteiger partial charge is 0.462 e. The van der Waals surface area contributed by atoms with Crippen LogP contribution >= 0.6 is 11.6 Å². The summed E-state index contributed by atoms with van der Waals surface area (Å²) < 4.78 is 5.55. The van der Waals surface area contributed by atoms with E-state index in [0.717, 1.165) is 49.9 Å². The molecule has 0 bridgehead atoms. The Hall–Kier alpha value is -2.60. The standard InChI is InChI=1S/C27H35ClN2O4/c1-19-10-5-8-15-33-27(32)25-20(2)16-21(3)26(28)23(25)17-22(12-9-11-19)29-34-18-24(31)30-13-6-4-7-14-30/h5,9-10,12,16,19H,4,6-8,11,13-15,17-18H2,1-3H3/b10-5+,12-9+,29-22+. The first-order valence-corrected chi connectivity index (χ1v) is 12.5. The van der Waals surface area contributed by atoms with Crippen LogP contribution in [0.2, 0.25) is 5.02 Å². The zero-order valence-electron chi connectivity index (χ0n) is 20.4. The Morgan fingerprint density at radius 2 is 1.97 bits per heavy atom. The molecule has 7 heteroatoms. The number of cyclic esters (lactones) is 1. The van der Waals surface area contributed by atoms with Crippen molar-refractivity contribution in [2.75, 3.05) is 26.3 Å². The van der Waals surface area contributed by atoms with E-state index in [1.165, 1.54) is 0 Å². The zero-order valence-corrected chi connectivity index (χ0v) is 21.2. The number of halogens is 1. The van der Waals surface area contributed by atoms with Gasteiger partial charge in [-0.15, -0.1) is 0 Å². The topological polar surface area (TPSA) is 68.2 Å². The monoisotopic (exact) mass is 486 g/mol. The van der Waals surface area contributed by atoms with Crippen LogP contribution in [0.25, 0.3) is 0 Å². The summed E-state index contributed by atoms with van der Waals surface area (Å²) >= 11 is 6.67. The SMILES string of the molecule is Cc1cc(C)c2c(c1Cl)CC(=N/OCC(=O)N1CCCCC1)/C=C/CC(C)/C=C/CCOC2=O. The molecule has 1 unspecified atom stereocenters. The van der Waals surface area contributed by atoms with Gasteiger partial charge in [-0.05, 0) is 74.6 Å². The molecule has 0 aliphatic carbocycles. The number of benzene rings is 1. The number of hydrogen-bond acceptors (Lipinski definition) is 5. The van der Waals surface area contributed by atoms with E-state index < -0.39 is 5.97 Å². The smallest absolute Gasteiger partial charge is 0.338 e. The van der Waals surface area contributed by atoms with Gasteiger partial charge in [0, 0.05) is 24.5 Å². The number of hydrogen-bond donors (Lipinski definition) is 0. The molecule has 1 saturated heterocycles. The van der Waals surface area contributed by atoms with Gasteiger partial charge < -0.3 is 14.5 Å². The van der Waals surface area contributed by atoms with Crippen molar-refractivity contribution in [1.29, 1.82) is 0 Å². The third kappa shape index (κ3) is 7.20. The van der Waals surface area contributed by atoms with Crippen molar-refractivity contribution in [1.82, 2.24) is 4.90 Å². The molecule has 6 nitrogen and oxygen atoms in total. The molecule has 0 radical (unpaired) electrons. The molecule has 34 heavy (non-hydrogen) atoms. The van der Waals surface area contributed by atoms with Crippen LogP contribution in [0.5, 0.6) is 0 Å². The minimum Gasteiger partial charge on any atom is -0.462 e. The van der Waals surface area contributed by atoms with Crippen molar-refractivity contribution in [3.05, 3.63) is 57.6 Å². The van der Waals surface area contributed by atoms with Gasteiger partial charge in [0.1, 0.15) is 0 Å². The number of oxime groups is 1. The van der Waals surface area contributed by atoms with Gasteiger partial charge in [0.15, 0.2) is 6.61 Å². The molecule has 1 atom stereocenters. The maximum atomic E-state index is 13.0. The van der Waals surface area contributed by atoms with Crippen LogP contribution in [0.3, 0.4) is 0 Å². The number of likely N-dealkylation sites (tertiary alicyclic amines) is 1. The highest BCUT2D eigenvalue weighted by Gasteiger charge is 2.22. The molecule has 0 N–H and O–H groups in total. The minimum absolute atomic E-state index is 0.0543. The maximum absolute atomic E-state index is 13.0. The van der Waals surface area contributed by atoms with Crippen LogP contribution in [0.4, 0.5) is 0 Å². The van der Waals surface area contributed by atoms with E-state index in [-0.39, 0.29) is 12.5 Å². The molecule has 2 heterocycles. The van der Waals surface area contributed by atoms with E-state index in [4.69, 9.17) is 21.2 Å². The van der Waals surface area contributed by atoms with Crippen LogP contribution in [-0.4, -0.2) is 48.8 Å². The van der Waals surface area contributed by atoms with E-state index in [0.29, 0.717) is 47.2 Å². The van der Waals surface area contributed by atoms with Gasteiger partial charge in [-0.1, -0.05) is 48.0 Å². The zero-order chi connectivity index (χ0) is 24.5. The highest BCUT2D eigenvalue weighted by Crippen LogP contribution is 2.29. The lowest BCUT2D eigenvalue weighted by Gasteiger charge is -2.26. The molecule has 1 aromatic carbocycles. The third-order valence-corrected chi connectivity index (χ3v) is 6.71. The number of fused-ring (bicyclic) bond motifs is 1. The van der Waals surface area contributed by atoms with Crippen molar-refractivity contribution in [2.45, 2.75) is 59.3 Å². The number of ether oxygens (including phenoxy) is 1. The number of carbonyl (C=O) groups excluding carboxylic acids is 2. The van der Waals surface area contributed by atoms with E-state index in [2.05, 4.69) is 18.2 Å². The molecule has 1 aromatic rings. The fraction of sp³-hybridized carbons (Fsp3) is 0.519. The first-order valence-electron chi connectivity index (χ1n) is 12.1. The Morgan fingerprint density at radius 1 is 1.21 bits per heavy atom. The number of rotatable bonds is 3. The number of piperidine rings is 1. The van der Waals surface area contributed by atoms with Gasteiger partial charge in [0.2, 0.25) is 0 Å². The van der Waals surface area contributed by atoms with E-state index in [9.17, 15) is 9.59 Å². The van der Waals surface area contributed by atoms with Crippen molar-refractivity contribution >= 4 is 29.2 Å². The highest BCUT2D eigenvalue weighted by atomic mass is 35.5. The summed E-state index contributed by atoms with van der Waals surface area (Å²) in [5.74, 6) is -0.114. The normalized spacial score (nSPS) is 22.9. The third-order valence-electron chi connectivity index (χ3n) is 6.18. The van der Waals surface area contributed by atoms with E-state index in [1.54, 1.807) is 0 Å². The fourth-order valence-electron chi connectivity index (χ4n) is 4.32.